The molecule has 2 rings (SSSR count). The van der Waals surface area contributed by atoms with Crippen LogP contribution in [0.5, 0.6) is 5.75 Å². The molecule has 4 nitrogen and oxygen atoms in total. The van der Waals surface area contributed by atoms with Gasteiger partial charge in [-0.15, -0.1) is 0 Å². The average Bonchev–Trinajstić information content (AvgIpc) is 2.76. The third-order valence-corrected chi connectivity index (χ3v) is 3.32. The third-order valence-electron chi connectivity index (χ3n) is 2.87. The average molecular weight is 310 g/mol. The summed E-state index contributed by atoms with van der Waals surface area (Å²) < 4.78 is 7.71. The van der Waals surface area contributed by atoms with Crippen LogP contribution < -0.4 is 10.5 Å². The molecule has 2 aromatic rings. The van der Waals surface area contributed by atoms with Crippen LogP contribution in [0.2, 0.25) is 5.02 Å². The van der Waals surface area contributed by atoms with Crippen molar-refractivity contribution in [2.75, 3.05) is 0 Å². The number of halogens is 1. The first-order chi connectivity index (χ1) is 9.51. The Morgan fingerprint density at radius 1 is 1.45 bits per heavy atom. The van der Waals surface area contributed by atoms with Crippen LogP contribution in [-0.4, -0.2) is 14.8 Å². The summed E-state index contributed by atoms with van der Waals surface area (Å²) in [7, 11) is 0. The molecule has 0 amide bonds. The molecular formula is C14H16ClN3OS. The Kier molecular flexibility index (Phi) is 4.62. The first-order valence-corrected chi connectivity index (χ1v) is 7.05. The molecule has 0 unspecified atom stereocenters. The molecule has 0 saturated heterocycles. The van der Waals surface area contributed by atoms with E-state index in [4.69, 9.17) is 34.3 Å². The van der Waals surface area contributed by atoms with Gasteiger partial charge in [0.1, 0.15) is 17.3 Å². The molecule has 20 heavy (non-hydrogen) atoms. The Labute approximate surface area is 128 Å². The van der Waals surface area contributed by atoms with Gasteiger partial charge in [-0.2, -0.15) is 5.10 Å². The Morgan fingerprint density at radius 3 is 2.85 bits per heavy atom. The van der Waals surface area contributed by atoms with Gasteiger partial charge in [0.05, 0.1) is 17.0 Å². The molecule has 1 heterocycles. The van der Waals surface area contributed by atoms with Crippen LogP contribution in [-0.2, 0) is 13.2 Å². The number of hydrogen-bond donors (Lipinski definition) is 1. The lowest BCUT2D eigenvalue weighted by molar-refractivity contribution is 0.292. The fraction of sp³-hybridized carbons (Fsp3) is 0.286. The highest BCUT2D eigenvalue weighted by molar-refractivity contribution is 7.80. The van der Waals surface area contributed by atoms with Gasteiger partial charge >= 0.3 is 0 Å². The van der Waals surface area contributed by atoms with Crippen molar-refractivity contribution in [3.63, 3.8) is 0 Å². The second kappa shape index (κ2) is 6.24. The van der Waals surface area contributed by atoms with Gasteiger partial charge in [0, 0.05) is 11.6 Å². The number of aromatic nitrogens is 2. The number of nitrogens with two attached hydrogens (primary N) is 1. The normalized spacial score (nSPS) is 10.6. The molecule has 0 atom stereocenters. The number of nitrogens with zero attached hydrogens (tertiary/aromatic N) is 2. The molecule has 0 bridgehead atoms. The van der Waals surface area contributed by atoms with E-state index in [2.05, 4.69) is 5.10 Å². The van der Waals surface area contributed by atoms with Gasteiger partial charge < -0.3 is 10.5 Å². The van der Waals surface area contributed by atoms with E-state index in [1.165, 1.54) is 0 Å². The summed E-state index contributed by atoms with van der Waals surface area (Å²) >= 11 is 11.0. The summed E-state index contributed by atoms with van der Waals surface area (Å²) in [6.45, 7) is 5.18. The lowest BCUT2D eigenvalue weighted by Crippen LogP contribution is -2.12. The molecule has 1 aromatic carbocycles. The molecule has 0 fully saturated rings. The van der Waals surface area contributed by atoms with E-state index in [0.29, 0.717) is 22.9 Å². The topological polar surface area (TPSA) is 53.1 Å². The van der Waals surface area contributed by atoms with Crippen molar-refractivity contribution in [3.8, 4) is 5.75 Å². The zero-order valence-electron chi connectivity index (χ0n) is 11.4. The molecule has 1 aromatic heterocycles. The molecule has 0 radical (unpaired) electrons. The van der Waals surface area contributed by atoms with E-state index >= 15 is 0 Å². The van der Waals surface area contributed by atoms with Crippen molar-refractivity contribution in [3.05, 3.63) is 46.2 Å². The molecule has 0 aliphatic carbocycles. The van der Waals surface area contributed by atoms with E-state index < -0.39 is 0 Å². The van der Waals surface area contributed by atoms with Crippen molar-refractivity contribution in [2.24, 2.45) is 5.73 Å². The molecule has 0 aliphatic heterocycles. The van der Waals surface area contributed by atoms with E-state index in [-0.39, 0.29) is 4.99 Å². The van der Waals surface area contributed by atoms with Gasteiger partial charge in [-0.1, -0.05) is 23.8 Å². The van der Waals surface area contributed by atoms with Crippen molar-refractivity contribution in [2.45, 2.75) is 27.0 Å². The van der Waals surface area contributed by atoms with Crippen molar-refractivity contribution >= 4 is 28.8 Å². The van der Waals surface area contributed by atoms with Gasteiger partial charge in [-0.25, -0.2) is 0 Å². The number of ether oxygens (including phenoxy) is 1. The zero-order valence-corrected chi connectivity index (χ0v) is 13.0. The summed E-state index contributed by atoms with van der Waals surface area (Å²) in [5, 5.41) is 4.96. The minimum atomic E-state index is 0.289. The maximum absolute atomic E-state index is 5.98. The van der Waals surface area contributed by atoms with Crippen molar-refractivity contribution in [1.82, 2.24) is 9.78 Å². The quantitative estimate of drug-likeness (QED) is 0.862. The highest BCUT2D eigenvalue weighted by Crippen LogP contribution is 2.24. The Hall–Kier alpha value is -1.59. The van der Waals surface area contributed by atoms with Crippen LogP contribution in [0.4, 0.5) is 0 Å². The van der Waals surface area contributed by atoms with Gasteiger partial charge in [0.15, 0.2) is 0 Å². The highest BCUT2D eigenvalue weighted by Gasteiger charge is 2.10. The Bertz CT molecular complexity index is 639. The fourth-order valence-corrected chi connectivity index (χ4v) is 2.29. The van der Waals surface area contributed by atoms with E-state index in [1.807, 2.05) is 24.6 Å². The van der Waals surface area contributed by atoms with Crippen LogP contribution in [0.25, 0.3) is 0 Å². The lowest BCUT2D eigenvalue weighted by atomic mass is 10.2. The summed E-state index contributed by atoms with van der Waals surface area (Å²) in [6, 6.07) is 7.22. The maximum atomic E-state index is 5.98. The smallest absolute Gasteiger partial charge is 0.131 e. The number of thiocarbonyl (C=S) groups is 1. The number of benzene rings is 1. The standard InChI is InChI=1S/C14H16ClN3OS/c1-3-18-11(6-9(2)17-18)8-19-13-7-10(15)4-5-12(13)14(16)20/h4-7H,3,8H2,1-2H3,(H2,16,20). The van der Waals surface area contributed by atoms with Crippen LogP contribution in [0, 0.1) is 6.92 Å². The molecule has 0 spiro atoms. The summed E-state index contributed by atoms with van der Waals surface area (Å²) in [6.07, 6.45) is 0. The maximum Gasteiger partial charge on any atom is 0.131 e. The Morgan fingerprint density at radius 2 is 2.20 bits per heavy atom. The third kappa shape index (κ3) is 3.29. The van der Waals surface area contributed by atoms with Crippen LogP contribution in [0.1, 0.15) is 23.9 Å². The SMILES string of the molecule is CCn1nc(C)cc1COc1cc(Cl)ccc1C(N)=S. The second-order valence-corrected chi connectivity index (χ2v) is 5.26. The van der Waals surface area contributed by atoms with E-state index in [9.17, 15) is 0 Å². The van der Waals surface area contributed by atoms with Gasteiger partial charge in [-0.05, 0) is 38.1 Å². The van der Waals surface area contributed by atoms with Gasteiger partial charge in [0.2, 0.25) is 0 Å². The first-order valence-electron chi connectivity index (χ1n) is 6.26. The van der Waals surface area contributed by atoms with E-state index in [0.717, 1.165) is 17.9 Å². The predicted octanol–water partition coefficient (Wildman–Crippen LogP) is 3.08. The predicted molar refractivity (Wildman–Crippen MR) is 84.3 cm³/mol. The van der Waals surface area contributed by atoms with Crippen LogP contribution >= 0.6 is 23.8 Å². The molecular weight excluding hydrogens is 294 g/mol. The summed E-state index contributed by atoms with van der Waals surface area (Å²) in [4.78, 5) is 0.289. The fourth-order valence-electron chi connectivity index (χ4n) is 1.96. The molecule has 6 heteroatoms. The van der Waals surface area contributed by atoms with Crippen LogP contribution in [0.3, 0.4) is 0 Å². The molecule has 2 N–H and O–H groups in total. The molecule has 0 aliphatic rings. The number of rotatable bonds is 5. The lowest BCUT2D eigenvalue weighted by Gasteiger charge is -2.11. The summed E-state index contributed by atoms with van der Waals surface area (Å²) in [5.41, 5.74) is 8.33. The van der Waals surface area contributed by atoms with Crippen LogP contribution in [0.15, 0.2) is 24.3 Å². The zero-order chi connectivity index (χ0) is 14.7. The van der Waals surface area contributed by atoms with Crippen molar-refractivity contribution < 1.29 is 4.74 Å². The second-order valence-electron chi connectivity index (χ2n) is 4.39. The van der Waals surface area contributed by atoms with E-state index in [1.54, 1.807) is 18.2 Å². The minimum absolute atomic E-state index is 0.289. The number of hydrogen-bond acceptors (Lipinski definition) is 3. The number of aryl methyl sites for hydroxylation is 2. The summed E-state index contributed by atoms with van der Waals surface area (Å²) in [5.74, 6) is 0.589. The molecule has 106 valence electrons. The van der Waals surface area contributed by atoms with Gasteiger partial charge in [-0.3, -0.25) is 4.68 Å². The van der Waals surface area contributed by atoms with Gasteiger partial charge in [0.25, 0.3) is 0 Å². The first kappa shape index (κ1) is 14.8. The Balaban J connectivity index is 2.22. The minimum Gasteiger partial charge on any atom is -0.487 e. The highest BCUT2D eigenvalue weighted by atomic mass is 35.5. The monoisotopic (exact) mass is 309 g/mol. The van der Waals surface area contributed by atoms with Crippen molar-refractivity contribution in [1.29, 1.82) is 0 Å². The largest absolute Gasteiger partial charge is 0.487 e. The molecule has 0 saturated carbocycles.